The normalized spacial score (nSPS) is 19.2. The van der Waals surface area contributed by atoms with Gasteiger partial charge in [0.1, 0.15) is 0 Å². The van der Waals surface area contributed by atoms with Gasteiger partial charge < -0.3 is 10.0 Å². The van der Waals surface area contributed by atoms with Crippen molar-refractivity contribution >= 4 is 16.2 Å². The topological polar surface area (TPSA) is 81.2 Å². The lowest BCUT2D eigenvalue weighted by Crippen LogP contribution is -2.49. The Morgan fingerprint density at radius 2 is 1.84 bits per heavy atom. The van der Waals surface area contributed by atoms with Crippen molar-refractivity contribution in [3.8, 4) is 0 Å². The van der Waals surface area contributed by atoms with E-state index < -0.39 is 16.2 Å². The highest BCUT2D eigenvalue weighted by Gasteiger charge is 2.31. The van der Waals surface area contributed by atoms with Gasteiger partial charge in [0.2, 0.25) is 0 Å². The Labute approximate surface area is 115 Å². The first-order valence-electron chi connectivity index (χ1n) is 6.34. The molecule has 1 N–H and O–H groups in total. The lowest BCUT2D eigenvalue weighted by molar-refractivity contribution is -0.137. The van der Waals surface area contributed by atoms with E-state index in [0.717, 1.165) is 30.2 Å². The first-order chi connectivity index (χ1) is 8.75. The molecule has 0 spiro atoms. The van der Waals surface area contributed by atoms with Gasteiger partial charge in [0.05, 0.1) is 6.42 Å². The number of aliphatic carboxylic acids is 1. The second kappa shape index (κ2) is 6.65. The maximum Gasteiger partial charge on any atom is 0.304 e. The summed E-state index contributed by atoms with van der Waals surface area (Å²) < 4.78 is 27.0. The molecule has 0 bridgehead atoms. The van der Waals surface area contributed by atoms with Gasteiger partial charge in [-0.25, -0.2) is 0 Å². The second-order valence-electron chi connectivity index (χ2n) is 5.02. The third kappa shape index (κ3) is 4.41. The molecule has 1 saturated heterocycles. The van der Waals surface area contributed by atoms with Gasteiger partial charge in [-0.15, -0.1) is 0 Å². The third-order valence-electron chi connectivity index (χ3n) is 3.60. The SMILES string of the molecule is CN1CCC(N(C)S(=O)(=O)N(C)CCC(=O)O)CC1. The van der Waals surface area contributed by atoms with Crippen LogP contribution in [0.3, 0.4) is 0 Å². The zero-order chi connectivity index (χ0) is 14.6. The summed E-state index contributed by atoms with van der Waals surface area (Å²) in [4.78, 5) is 12.7. The summed E-state index contributed by atoms with van der Waals surface area (Å²) in [5.41, 5.74) is 0. The lowest BCUT2D eigenvalue weighted by atomic mass is 10.1. The zero-order valence-corrected chi connectivity index (χ0v) is 12.6. The number of hydrogen-bond acceptors (Lipinski definition) is 4. The van der Waals surface area contributed by atoms with Gasteiger partial charge in [-0.1, -0.05) is 0 Å². The summed E-state index contributed by atoms with van der Waals surface area (Å²) in [7, 11) is 1.44. The molecule has 1 rings (SSSR count). The van der Waals surface area contributed by atoms with E-state index in [0.29, 0.717) is 0 Å². The van der Waals surface area contributed by atoms with Crippen LogP contribution in [0.15, 0.2) is 0 Å². The van der Waals surface area contributed by atoms with E-state index >= 15 is 0 Å². The van der Waals surface area contributed by atoms with Crippen molar-refractivity contribution in [3.05, 3.63) is 0 Å². The molecule has 7 nitrogen and oxygen atoms in total. The summed E-state index contributed by atoms with van der Waals surface area (Å²) in [6, 6.07) is -0.00604. The predicted octanol–water partition coefficient (Wildman–Crippen LogP) is -0.336. The maximum atomic E-state index is 12.3. The number of carbonyl (C=O) groups is 1. The molecule has 1 aliphatic rings. The minimum absolute atomic E-state index is 0.00533. The first kappa shape index (κ1) is 16.4. The van der Waals surface area contributed by atoms with Crippen LogP contribution in [0, 0.1) is 0 Å². The van der Waals surface area contributed by atoms with Gasteiger partial charge in [0, 0.05) is 26.7 Å². The van der Waals surface area contributed by atoms with Crippen molar-refractivity contribution < 1.29 is 18.3 Å². The molecular formula is C11H23N3O4S. The minimum Gasteiger partial charge on any atom is -0.481 e. The van der Waals surface area contributed by atoms with Crippen LogP contribution in [-0.2, 0) is 15.0 Å². The van der Waals surface area contributed by atoms with Crippen LogP contribution >= 0.6 is 0 Å². The third-order valence-corrected chi connectivity index (χ3v) is 5.60. The molecule has 112 valence electrons. The summed E-state index contributed by atoms with van der Waals surface area (Å²) in [5, 5.41) is 8.60. The van der Waals surface area contributed by atoms with Crippen molar-refractivity contribution in [2.45, 2.75) is 25.3 Å². The van der Waals surface area contributed by atoms with E-state index in [1.54, 1.807) is 7.05 Å². The summed E-state index contributed by atoms with van der Waals surface area (Å²) in [6.45, 7) is 1.75. The molecule has 0 aromatic carbocycles. The maximum absolute atomic E-state index is 12.3. The monoisotopic (exact) mass is 293 g/mol. The number of carboxylic acids is 1. The van der Waals surface area contributed by atoms with Crippen molar-refractivity contribution in [2.75, 3.05) is 40.8 Å². The Hall–Kier alpha value is -0.700. The van der Waals surface area contributed by atoms with Gasteiger partial charge >= 0.3 is 5.97 Å². The van der Waals surface area contributed by atoms with Crippen LogP contribution in [-0.4, -0.2) is 79.8 Å². The molecule has 0 amide bonds. The van der Waals surface area contributed by atoms with Crippen LogP contribution in [0.25, 0.3) is 0 Å². The zero-order valence-electron chi connectivity index (χ0n) is 11.7. The molecule has 1 heterocycles. The number of carboxylic acid groups (broad SMARTS) is 1. The van der Waals surface area contributed by atoms with E-state index in [9.17, 15) is 13.2 Å². The highest BCUT2D eigenvalue weighted by Crippen LogP contribution is 2.18. The Morgan fingerprint density at radius 3 is 2.32 bits per heavy atom. The van der Waals surface area contributed by atoms with E-state index in [-0.39, 0.29) is 19.0 Å². The van der Waals surface area contributed by atoms with Gasteiger partial charge in [0.25, 0.3) is 10.2 Å². The molecule has 0 aromatic rings. The molecule has 0 saturated carbocycles. The average Bonchev–Trinajstić information content (AvgIpc) is 2.35. The van der Waals surface area contributed by atoms with Gasteiger partial charge in [-0.2, -0.15) is 17.0 Å². The fourth-order valence-corrected chi connectivity index (χ4v) is 3.48. The van der Waals surface area contributed by atoms with Crippen LogP contribution in [0.2, 0.25) is 0 Å². The number of rotatable bonds is 6. The first-order valence-corrected chi connectivity index (χ1v) is 7.74. The molecule has 0 aromatic heterocycles. The van der Waals surface area contributed by atoms with Crippen molar-refractivity contribution in [2.24, 2.45) is 0 Å². The van der Waals surface area contributed by atoms with Gasteiger partial charge in [0.15, 0.2) is 0 Å². The molecule has 0 radical (unpaired) electrons. The molecule has 0 aliphatic carbocycles. The highest BCUT2D eigenvalue weighted by molar-refractivity contribution is 7.86. The molecule has 1 aliphatic heterocycles. The van der Waals surface area contributed by atoms with E-state index in [4.69, 9.17) is 5.11 Å². The molecule has 0 unspecified atom stereocenters. The summed E-state index contributed by atoms with van der Waals surface area (Å²) in [6.07, 6.45) is 1.43. The van der Waals surface area contributed by atoms with Crippen LogP contribution in [0.5, 0.6) is 0 Å². The number of nitrogens with zero attached hydrogens (tertiary/aromatic N) is 3. The minimum atomic E-state index is -3.57. The summed E-state index contributed by atoms with van der Waals surface area (Å²) in [5.74, 6) is -0.996. The molecule has 1 fully saturated rings. The van der Waals surface area contributed by atoms with E-state index in [1.807, 2.05) is 7.05 Å². The number of likely N-dealkylation sites (tertiary alicyclic amines) is 1. The van der Waals surface area contributed by atoms with Gasteiger partial charge in [-0.3, -0.25) is 4.79 Å². The molecule has 0 atom stereocenters. The highest BCUT2D eigenvalue weighted by atomic mass is 32.2. The fraction of sp³-hybridized carbons (Fsp3) is 0.909. The Morgan fingerprint density at radius 1 is 1.32 bits per heavy atom. The van der Waals surface area contributed by atoms with E-state index in [2.05, 4.69) is 4.90 Å². The lowest BCUT2D eigenvalue weighted by Gasteiger charge is -2.36. The van der Waals surface area contributed by atoms with Crippen molar-refractivity contribution in [1.29, 1.82) is 0 Å². The van der Waals surface area contributed by atoms with E-state index in [1.165, 1.54) is 11.4 Å². The van der Waals surface area contributed by atoms with Crippen LogP contribution in [0.4, 0.5) is 0 Å². The largest absolute Gasteiger partial charge is 0.481 e. The van der Waals surface area contributed by atoms with Crippen molar-refractivity contribution in [1.82, 2.24) is 13.5 Å². The number of piperidine rings is 1. The summed E-state index contributed by atoms with van der Waals surface area (Å²) >= 11 is 0. The van der Waals surface area contributed by atoms with Gasteiger partial charge in [-0.05, 0) is 33.0 Å². The number of hydrogen-bond donors (Lipinski definition) is 1. The van der Waals surface area contributed by atoms with Crippen LogP contribution < -0.4 is 0 Å². The van der Waals surface area contributed by atoms with Crippen molar-refractivity contribution in [3.63, 3.8) is 0 Å². The quantitative estimate of drug-likeness (QED) is 0.725. The Balaban J connectivity index is 2.62. The molecular weight excluding hydrogens is 270 g/mol. The Kier molecular flexibility index (Phi) is 5.72. The second-order valence-corrected chi connectivity index (χ2v) is 7.12. The predicted molar refractivity (Wildman–Crippen MR) is 72.1 cm³/mol. The molecule has 8 heteroatoms. The smallest absolute Gasteiger partial charge is 0.304 e. The average molecular weight is 293 g/mol. The standard InChI is InChI=1S/C11H23N3O4S/c1-12-7-4-10(5-8-12)14(3)19(17,18)13(2)9-6-11(15)16/h10H,4-9H2,1-3H3,(H,15,16). The van der Waals surface area contributed by atoms with Crippen LogP contribution in [0.1, 0.15) is 19.3 Å². The molecule has 19 heavy (non-hydrogen) atoms. The fourth-order valence-electron chi connectivity index (χ4n) is 2.14. The Bertz CT molecular complexity index is 404.